The first-order valence-electron chi connectivity index (χ1n) is 7.37. The van der Waals surface area contributed by atoms with Crippen molar-refractivity contribution in [3.05, 3.63) is 59.9 Å². The molecule has 2 aromatic rings. The van der Waals surface area contributed by atoms with E-state index in [1.165, 1.54) is 5.56 Å². The van der Waals surface area contributed by atoms with Gasteiger partial charge in [-0.3, -0.25) is 4.98 Å². The number of pyridine rings is 1. The molecule has 0 atom stereocenters. The molecule has 5 heteroatoms. The van der Waals surface area contributed by atoms with Gasteiger partial charge in [0, 0.05) is 23.0 Å². The van der Waals surface area contributed by atoms with Gasteiger partial charge in [0.05, 0.1) is 5.56 Å². The van der Waals surface area contributed by atoms with Crippen molar-refractivity contribution in [3.8, 4) is 0 Å². The minimum atomic E-state index is 0.501. The van der Waals surface area contributed by atoms with Gasteiger partial charge in [0.25, 0.3) is 5.90 Å². The van der Waals surface area contributed by atoms with Crippen LogP contribution in [-0.4, -0.2) is 24.1 Å². The van der Waals surface area contributed by atoms with Gasteiger partial charge in [-0.2, -0.15) is 0 Å². The number of rotatable bonds is 4. The third-order valence-corrected chi connectivity index (χ3v) is 3.93. The standard InChI is InChI=1S/C15H14N2O2S.C2H6/c1-2-4-12(5-3-1)11-20-14-10-16-7-6-13(14)15-17-19-9-8-18-15;1-2/h1-7,10H,8-9,11H2;1-2H3. The summed E-state index contributed by atoms with van der Waals surface area (Å²) in [6, 6.07) is 12.2. The van der Waals surface area contributed by atoms with Gasteiger partial charge in [-0.05, 0) is 16.8 Å². The molecule has 3 rings (SSSR count). The molecule has 0 radical (unpaired) electrons. The molecule has 4 nitrogen and oxygen atoms in total. The normalized spacial score (nSPS) is 13.1. The molecule has 1 aromatic heterocycles. The highest BCUT2D eigenvalue weighted by Crippen LogP contribution is 2.26. The minimum absolute atomic E-state index is 0.501. The Morgan fingerprint density at radius 1 is 1.09 bits per heavy atom. The Morgan fingerprint density at radius 2 is 1.91 bits per heavy atom. The Morgan fingerprint density at radius 3 is 2.64 bits per heavy atom. The molecule has 0 N–H and O–H groups in total. The van der Waals surface area contributed by atoms with Gasteiger partial charge in [-0.1, -0.05) is 44.2 Å². The lowest BCUT2D eigenvalue weighted by molar-refractivity contribution is 0.0653. The predicted molar refractivity (Wildman–Crippen MR) is 90.0 cm³/mol. The first-order valence-corrected chi connectivity index (χ1v) is 8.36. The minimum Gasteiger partial charge on any atom is -0.471 e. The molecular weight excluding hydrogens is 296 g/mol. The highest BCUT2D eigenvalue weighted by Gasteiger charge is 2.15. The van der Waals surface area contributed by atoms with Crippen molar-refractivity contribution in [1.82, 2.24) is 4.98 Å². The van der Waals surface area contributed by atoms with Crippen molar-refractivity contribution in [2.45, 2.75) is 24.5 Å². The second-order valence-corrected chi connectivity index (χ2v) is 5.24. The third kappa shape index (κ3) is 4.49. The maximum absolute atomic E-state index is 5.54. The van der Waals surface area contributed by atoms with E-state index in [1.54, 1.807) is 18.0 Å². The smallest absolute Gasteiger partial charge is 0.258 e. The molecular formula is C17H20N2O2S. The summed E-state index contributed by atoms with van der Waals surface area (Å²) >= 11 is 1.71. The lowest BCUT2D eigenvalue weighted by Gasteiger charge is -2.15. The molecule has 2 heterocycles. The molecule has 0 amide bonds. The van der Waals surface area contributed by atoms with E-state index in [0.717, 1.165) is 16.2 Å². The van der Waals surface area contributed by atoms with Crippen LogP contribution in [0.3, 0.4) is 0 Å². The molecule has 1 aliphatic rings. The number of hydrogen-bond donors (Lipinski definition) is 0. The lowest BCUT2D eigenvalue weighted by atomic mass is 10.2. The summed E-state index contributed by atoms with van der Waals surface area (Å²) in [5.74, 6) is 1.42. The Hall–Kier alpha value is -2.01. The van der Waals surface area contributed by atoms with Crippen LogP contribution in [0.4, 0.5) is 0 Å². The first kappa shape index (κ1) is 16.4. The summed E-state index contributed by atoms with van der Waals surface area (Å²) in [6.45, 7) is 5.03. The largest absolute Gasteiger partial charge is 0.471 e. The van der Waals surface area contributed by atoms with Gasteiger partial charge in [0.1, 0.15) is 6.61 Å². The fourth-order valence-electron chi connectivity index (χ4n) is 1.84. The van der Waals surface area contributed by atoms with Gasteiger partial charge in [-0.15, -0.1) is 11.8 Å². The predicted octanol–water partition coefficient (Wildman–Crippen LogP) is 4.11. The van der Waals surface area contributed by atoms with Crippen LogP contribution < -0.4 is 0 Å². The summed E-state index contributed by atoms with van der Waals surface area (Å²) in [4.78, 5) is 10.3. The van der Waals surface area contributed by atoms with Gasteiger partial charge in [0.2, 0.25) is 0 Å². The SMILES string of the molecule is CC.c1ccc(CSc2cnccc2C2=NOCCO2)cc1. The van der Waals surface area contributed by atoms with Crippen molar-refractivity contribution in [3.63, 3.8) is 0 Å². The molecule has 0 saturated carbocycles. The molecule has 0 aliphatic carbocycles. The highest BCUT2D eigenvalue weighted by atomic mass is 32.2. The number of nitrogens with zero attached hydrogens (tertiary/aromatic N) is 2. The second kappa shape index (κ2) is 9.10. The molecule has 0 saturated heterocycles. The molecule has 0 bridgehead atoms. The highest BCUT2D eigenvalue weighted by molar-refractivity contribution is 7.98. The number of benzene rings is 1. The number of aromatic nitrogens is 1. The third-order valence-electron chi connectivity index (χ3n) is 2.81. The second-order valence-electron chi connectivity index (χ2n) is 4.22. The van der Waals surface area contributed by atoms with E-state index < -0.39 is 0 Å². The zero-order valence-electron chi connectivity index (χ0n) is 12.9. The maximum atomic E-state index is 5.54. The van der Waals surface area contributed by atoms with Crippen LogP contribution in [0.25, 0.3) is 0 Å². The summed E-state index contributed by atoms with van der Waals surface area (Å²) in [5, 5.41) is 3.97. The topological polar surface area (TPSA) is 43.7 Å². The zero-order valence-corrected chi connectivity index (χ0v) is 13.7. The van der Waals surface area contributed by atoms with E-state index in [2.05, 4.69) is 22.3 Å². The van der Waals surface area contributed by atoms with Crippen LogP contribution in [0.15, 0.2) is 58.8 Å². The molecule has 1 aliphatic heterocycles. The molecule has 22 heavy (non-hydrogen) atoms. The number of ether oxygens (including phenoxy) is 1. The van der Waals surface area contributed by atoms with Crippen LogP contribution in [0.1, 0.15) is 25.0 Å². The van der Waals surface area contributed by atoms with Crippen molar-refractivity contribution in [1.29, 1.82) is 0 Å². The average molecular weight is 316 g/mol. The Kier molecular flexibility index (Phi) is 6.77. The molecule has 116 valence electrons. The van der Waals surface area contributed by atoms with E-state index in [4.69, 9.17) is 9.57 Å². The van der Waals surface area contributed by atoms with Crippen molar-refractivity contribution < 1.29 is 9.57 Å². The van der Waals surface area contributed by atoms with E-state index in [9.17, 15) is 0 Å². The molecule has 1 aromatic carbocycles. The number of thioether (sulfide) groups is 1. The summed E-state index contributed by atoms with van der Waals surface area (Å²) in [5.41, 5.74) is 2.20. The van der Waals surface area contributed by atoms with Gasteiger partial charge in [0.15, 0.2) is 6.61 Å². The monoisotopic (exact) mass is 316 g/mol. The maximum Gasteiger partial charge on any atom is 0.258 e. The van der Waals surface area contributed by atoms with Crippen LogP contribution in [0.5, 0.6) is 0 Å². The van der Waals surface area contributed by atoms with Gasteiger partial charge in [-0.25, -0.2) is 0 Å². The molecule has 0 fully saturated rings. The van der Waals surface area contributed by atoms with Crippen LogP contribution >= 0.6 is 11.8 Å². The van der Waals surface area contributed by atoms with E-state index in [1.807, 2.05) is 44.3 Å². The Bertz CT molecular complexity index is 603. The Balaban J connectivity index is 0.000000847. The van der Waals surface area contributed by atoms with Crippen molar-refractivity contribution in [2.75, 3.05) is 13.2 Å². The van der Waals surface area contributed by atoms with E-state index in [0.29, 0.717) is 19.1 Å². The summed E-state index contributed by atoms with van der Waals surface area (Å²) < 4.78 is 5.54. The average Bonchev–Trinajstić information content (AvgIpc) is 2.63. The van der Waals surface area contributed by atoms with Crippen LogP contribution in [-0.2, 0) is 15.3 Å². The fraction of sp³-hybridized carbons (Fsp3) is 0.294. The molecule has 0 unspecified atom stereocenters. The summed E-state index contributed by atoms with van der Waals surface area (Å²) in [7, 11) is 0. The zero-order chi connectivity index (χ0) is 15.6. The fourth-order valence-corrected chi connectivity index (χ4v) is 2.80. The summed E-state index contributed by atoms with van der Waals surface area (Å²) in [6.07, 6.45) is 3.58. The van der Waals surface area contributed by atoms with Crippen LogP contribution in [0, 0.1) is 0 Å². The van der Waals surface area contributed by atoms with Gasteiger partial charge < -0.3 is 9.57 Å². The van der Waals surface area contributed by atoms with Gasteiger partial charge >= 0.3 is 0 Å². The lowest BCUT2D eigenvalue weighted by Crippen LogP contribution is -2.17. The first-order chi connectivity index (χ1) is 10.9. The van der Waals surface area contributed by atoms with Crippen LogP contribution in [0.2, 0.25) is 0 Å². The van der Waals surface area contributed by atoms with E-state index >= 15 is 0 Å². The molecule has 0 spiro atoms. The quantitative estimate of drug-likeness (QED) is 0.796. The Labute approximate surface area is 135 Å². The van der Waals surface area contributed by atoms with E-state index in [-0.39, 0.29) is 0 Å². The number of hydrogen-bond acceptors (Lipinski definition) is 5. The van der Waals surface area contributed by atoms with Crippen molar-refractivity contribution in [2.24, 2.45) is 5.16 Å². The number of oxime groups is 1. The van der Waals surface area contributed by atoms with Crippen molar-refractivity contribution >= 4 is 17.7 Å².